The highest BCUT2D eigenvalue weighted by Gasteiger charge is 2.66. The summed E-state index contributed by atoms with van der Waals surface area (Å²) >= 11 is 0. The molecule has 1 saturated carbocycles. The second kappa shape index (κ2) is 4.98. The first-order chi connectivity index (χ1) is 12.0. The number of methoxy groups -OCH3 is 1. The highest BCUT2D eigenvalue weighted by Crippen LogP contribution is 2.60. The average Bonchev–Trinajstić information content (AvgIpc) is 2.93. The molecule has 5 heteroatoms. The van der Waals surface area contributed by atoms with Gasteiger partial charge >= 0.3 is 0 Å². The number of piperidine rings is 1. The van der Waals surface area contributed by atoms with Crippen LogP contribution in [-0.2, 0) is 16.6 Å². The lowest BCUT2D eigenvalue weighted by Crippen LogP contribution is -2.74. The number of carbonyl (C=O) groups excluding carboxylic acids is 1. The summed E-state index contributed by atoms with van der Waals surface area (Å²) in [6.07, 6.45) is 3.90. The molecule has 5 rings (SSSR count). The van der Waals surface area contributed by atoms with Crippen LogP contribution in [0, 0.1) is 5.92 Å². The Kier molecular flexibility index (Phi) is 3.12. The number of likely N-dealkylation sites (N-methyl/N-ethyl adjacent to an activating group) is 1. The van der Waals surface area contributed by atoms with Gasteiger partial charge in [0, 0.05) is 23.9 Å². The predicted octanol–water partition coefficient (Wildman–Crippen LogP) is 1.22. The number of carbonyl (C=O) groups is 1. The molecule has 134 valence electrons. The zero-order valence-electron chi connectivity index (χ0n) is 14.9. The minimum atomic E-state index is -0.771. The van der Waals surface area contributed by atoms with E-state index in [0.717, 1.165) is 31.6 Å². The van der Waals surface area contributed by atoms with Crippen LogP contribution in [0.4, 0.5) is 0 Å². The van der Waals surface area contributed by atoms with Gasteiger partial charge in [0.15, 0.2) is 0 Å². The number of benzene rings is 1. The molecule has 1 aromatic carbocycles. The third-order valence-electron chi connectivity index (χ3n) is 7.55. The number of aliphatic hydroxyl groups is 1. The Morgan fingerprint density at radius 1 is 1.32 bits per heavy atom. The van der Waals surface area contributed by atoms with Crippen LogP contribution >= 0.6 is 0 Å². The Morgan fingerprint density at radius 2 is 2.16 bits per heavy atom. The van der Waals surface area contributed by atoms with Gasteiger partial charge in [0.25, 0.3) is 0 Å². The van der Waals surface area contributed by atoms with Crippen molar-refractivity contribution in [3.63, 3.8) is 0 Å². The number of likely N-dealkylation sites (tertiary alicyclic amines) is 1. The Morgan fingerprint density at radius 3 is 2.96 bits per heavy atom. The van der Waals surface area contributed by atoms with Crippen LogP contribution in [0.15, 0.2) is 18.2 Å². The fourth-order valence-corrected chi connectivity index (χ4v) is 6.32. The molecule has 2 aliphatic carbocycles. The first-order valence-corrected chi connectivity index (χ1v) is 9.36. The maximum absolute atomic E-state index is 12.1. The van der Waals surface area contributed by atoms with Gasteiger partial charge in [-0.2, -0.15) is 0 Å². The summed E-state index contributed by atoms with van der Waals surface area (Å²) in [6.45, 7) is 0.981. The molecule has 0 unspecified atom stereocenters. The number of nitrogens with zero attached hydrogens (tertiary/aromatic N) is 1. The lowest BCUT2D eigenvalue weighted by atomic mass is 9.47. The van der Waals surface area contributed by atoms with Gasteiger partial charge in [-0.25, -0.2) is 0 Å². The fraction of sp³-hybridized carbons (Fsp3) is 0.650. The minimum absolute atomic E-state index is 0.124. The van der Waals surface area contributed by atoms with Crippen LogP contribution in [0.25, 0.3) is 0 Å². The third-order valence-corrected chi connectivity index (χ3v) is 7.55. The van der Waals surface area contributed by atoms with Crippen LogP contribution in [0.5, 0.6) is 5.75 Å². The Balaban J connectivity index is 1.70. The highest BCUT2D eigenvalue weighted by atomic mass is 16.5. The number of nitrogens with one attached hydrogen (secondary N) is 1. The van der Waals surface area contributed by atoms with Crippen molar-refractivity contribution in [3.05, 3.63) is 29.3 Å². The molecule has 1 aromatic rings. The molecule has 2 bridgehead atoms. The molecule has 0 radical (unpaired) electrons. The maximum Gasteiger partial charge on any atom is 0.220 e. The van der Waals surface area contributed by atoms with Crippen molar-refractivity contribution < 1.29 is 14.6 Å². The van der Waals surface area contributed by atoms with Gasteiger partial charge < -0.3 is 20.1 Å². The van der Waals surface area contributed by atoms with Gasteiger partial charge in [0.1, 0.15) is 5.75 Å². The van der Waals surface area contributed by atoms with Gasteiger partial charge in [-0.1, -0.05) is 6.07 Å². The van der Waals surface area contributed by atoms with Crippen LogP contribution in [-0.4, -0.2) is 54.3 Å². The van der Waals surface area contributed by atoms with E-state index in [4.69, 9.17) is 4.74 Å². The second-order valence-corrected chi connectivity index (χ2v) is 8.53. The molecule has 0 aromatic heterocycles. The smallest absolute Gasteiger partial charge is 0.220 e. The van der Waals surface area contributed by atoms with Gasteiger partial charge in [-0.15, -0.1) is 0 Å². The topological polar surface area (TPSA) is 61.8 Å². The summed E-state index contributed by atoms with van der Waals surface area (Å²) in [7, 11) is 3.82. The molecule has 2 saturated heterocycles. The van der Waals surface area contributed by atoms with Crippen LogP contribution < -0.4 is 10.1 Å². The number of amides is 1. The third kappa shape index (κ3) is 1.88. The van der Waals surface area contributed by atoms with Gasteiger partial charge in [-0.3, -0.25) is 4.79 Å². The molecular formula is C20H26N2O3. The Labute approximate surface area is 148 Å². The molecule has 3 fully saturated rings. The Bertz CT molecular complexity index is 750. The van der Waals surface area contributed by atoms with E-state index in [1.165, 1.54) is 11.1 Å². The predicted molar refractivity (Wildman–Crippen MR) is 93.6 cm³/mol. The summed E-state index contributed by atoms with van der Waals surface area (Å²) in [4.78, 5) is 14.3. The molecule has 25 heavy (non-hydrogen) atoms. The lowest BCUT2D eigenvalue weighted by molar-refractivity contribution is -0.173. The highest BCUT2D eigenvalue weighted by molar-refractivity contribution is 5.79. The van der Waals surface area contributed by atoms with Crippen LogP contribution in [0.1, 0.15) is 36.8 Å². The van der Waals surface area contributed by atoms with E-state index in [2.05, 4.69) is 29.4 Å². The lowest BCUT2D eigenvalue weighted by Gasteiger charge is -2.65. The number of hydrogen-bond acceptors (Lipinski definition) is 4. The van der Waals surface area contributed by atoms with Crippen molar-refractivity contribution in [1.29, 1.82) is 0 Å². The number of fused-ring (bicyclic) bond motifs is 2. The van der Waals surface area contributed by atoms with E-state index in [0.29, 0.717) is 12.8 Å². The summed E-state index contributed by atoms with van der Waals surface area (Å²) in [5, 5.41) is 15.2. The van der Waals surface area contributed by atoms with Crippen LogP contribution in [0.3, 0.4) is 0 Å². The molecule has 0 spiro atoms. The van der Waals surface area contributed by atoms with E-state index < -0.39 is 5.60 Å². The molecule has 5 atom stereocenters. The maximum atomic E-state index is 12.1. The molecule has 5 nitrogen and oxygen atoms in total. The fourth-order valence-electron chi connectivity index (χ4n) is 6.32. The number of rotatable bonds is 1. The zero-order chi connectivity index (χ0) is 17.4. The molecule has 2 N–H and O–H groups in total. The zero-order valence-corrected chi connectivity index (χ0v) is 14.9. The molecule has 1 amide bonds. The van der Waals surface area contributed by atoms with Gasteiger partial charge in [0.2, 0.25) is 5.91 Å². The number of hydrogen-bond donors (Lipinski definition) is 2. The van der Waals surface area contributed by atoms with E-state index in [-0.39, 0.29) is 29.3 Å². The van der Waals surface area contributed by atoms with Crippen LogP contribution in [0.2, 0.25) is 0 Å². The first kappa shape index (κ1) is 15.6. The summed E-state index contributed by atoms with van der Waals surface area (Å²) in [5.74, 6) is 1.25. The summed E-state index contributed by atoms with van der Waals surface area (Å²) in [6, 6.07) is 6.64. The van der Waals surface area contributed by atoms with Crippen molar-refractivity contribution in [2.45, 2.75) is 55.2 Å². The van der Waals surface area contributed by atoms with E-state index in [1.807, 2.05) is 6.07 Å². The van der Waals surface area contributed by atoms with E-state index >= 15 is 0 Å². The standard InChI is InChI=1S/C20H26N2O3/c1-22-6-5-19-11-16-13(8-18(23)21-16)10-20(19,24)17(22)7-12-3-4-14(25-2)9-15(12)19/h3-4,9,13,16-17,24H,5-8,10-11H2,1-2H3,(H,21,23)/t13-,16+,17-,19-,20-/m1/s1. The monoisotopic (exact) mass is 342 g/mol. The van der Waals surface area contributed by atoms with Crippen molar-refractivity contribution >= 4 is 5.91 Å². The van der Waals surface area contributed by atoms with E-state index in [1.54, 1.807) is 7.11 Å². The quantitative estimate of drug-likeness (QED) is 0.806. The molecule has 4 aliphatic rings. The second-order valence-electron chi connectivity index (χ2n) is 8.53. The van der Waals surface area contributed by atoms with Crippen molar-refractivity contribution in [2.24, 2.45) is 5.92 Å². The number of ether oxygens (including phenoxy) is 1. The first-order valence-electron chi connectivity index (χ1n) is 9.36. The molecular weight excluding hydrogens is 316 g/mol. The van der Waals surface area contributed by atoms with Crippen molar-refractivity contribution in [1.82, 2.24) is 10.2 Å². The summed E-state index contributed by atoms with van der Waals surface area (Å²) in [5.41, 5.74) is 1.51. The molecule has 2 heterocycles. The Hall–Kier alpha value is -1.59. The van der Waals surface area contributed by atoms with Gasteiger partial charge in [-0.05, 0) is 68.5 Å². The SMILES string of the molecule is COc1ccc2c(c1)[C@]13CCN(C)[C@H](C2)[C@]1(O)C[C@H]1CC(=O)N[C@H]1C3. The van der Waals surface area contributed by atoms with Crippen molar-refractivity contribution in [3.8, 4) is 5.75 Å². The largest absolute Gasteiger partial charge is 0.497 e. The minimum Gasteiger partial charge on any atom is -0.497 e. The van der Waals surface area contributed by atoms with Crippen molar-refractivity contribution in [2.75, 3.05) is 20.7 Å². The summed E-state index contributed by atoms with van der Waals surface area (Å²) < 4.78 is 5.49. The normalized spacial score (nSPS) is 42.2. The molecule has 2 aliphatic heterocycles. The van der Waals surface area contributed by atoms with E-state index in [9.17, 15) is 9.90 Å². The average molecular weight is 342 g/mol. The van der Waals surface area contributed by atoms with Gasteiger partial charge in [0.05, 0.1) is 12.7 Å².